The Morgan fingerprint density at radius 2 is 1.82 bits per heavy atom. The molecule has 4 nitrogen and oxygen atoms in total. The van der Waals surface area contributed by atoms with Crippen molar-refractivity contribution in [1.29, 1.82) is 0 Å². The van der Waals surface area contributed by atoms with Gasteiger partial charge in [-0.3, -0.25) is 4.79 Å². The molecule has 0 spiro atoms. The Morgan fingerprint density at radius 1 is 1.05 bits per heavy atom. The van der Waals surface area contributed by atoms with Gasteiger partial charge in [0.05, 0.1) is 5.69 Å². The van der Waals surface area contributed by atoms with E-state index in [0.717, 1.165) is 38.2 Å². The molecule has 1 fully saturated rings. The number of hydrogen-bond acceptors (Lipinski definition) is 2. The van der Waals surface area contributed by atoms with E-state index in [4.69, 9.17) is 0 Å². The molecule has 0 saturated carbocycles. The maximum Gasteiger partial charge on any atom is 0.226 e. The van der Waals surface area contributed by atoms with Gasteiger partial charge in [-0.25, -0.2) is 0 Å². The van der Waals surface area contributed by atoms with Crippen LogP contribution in [0.15, 0.2) is 66.7 Å². The number of likely N-dealkylation sites (tertiary alicyclic amines) is 1. The lowest BCUT2D eigenvalue weighted by Gasteiger charge is -2.32. The predicted molar refractivity (Wildman–Crippen MR) is 168 cm³/mol. The second kappa shape index (κ2) is 12.0. The van der Waals surface area contributed by atoms with Gasteiger partial charge in [0.25, 0.3) is 0 Å². The average molecular weight is 620 g/mol. The van der Waals surface area contributed by atoms with Crippen LogP contribution in [0.25, 0.3) is 22.2 Å². The highest BCUT2D eigenvalue weighted by molar-refractivity contribution is 14.1. The van der Waals surface area contributed by atoms with Crippen LogP contribution in [-0.2, 0) is 11.2 Å². The Balaban J connectivity index is 1.22. The molecular formula is C33H38IN3O. The van der Waals surface area contributed by atoms with Crippen LogP contribution in [0.4, 0.5) is 5.69 Å². The first-order valence-corrected chi connectivity index (χ1v) is 15.0. The van der Waals surface area contributed by atoms with Crippen LogP contribution in [0.5, 0.6) is 0 Å². The van der Waals surface area contributed by atoms with Gasteiger partial charge in [-0.15, -0.1) is 0 Å². The second-order valence-corrected chi connectivity index (χ2v) is 12.1. The summed E-state index contributed by atoms with van der Waals surface area (Å²) < 4.78 is 1.28. The highest BCUT2D eigenvalue weighted by Crippen LogP contribution is 2.35. The summed E-state index contributed by atoms with van der Waals surface area (Å²) >= 11 is 2.45. The van der Waals surface area contributed by atoms with Crippen LogP contribution in [-0.4, -0.2) is 35.4 Å². The average Bonchev–Trinajstić information content (AvgIpc) is 3.29. The maximum atomic E-state index is 12.1. The number of nitrogens with one attached hydrogen (secondary N) is 2. The van der Waals surface area contributed by atoms with Crippen molar-refractivity contribution in [2.45, 2.75) is 52.4 Å². The number of nitrogens with zero attached hydrogens (tertiary/aromatic N) is 1. The predicted octanol–water partition coefficient (Wildman–Crippen LogP) is 8.15. The van der Waals surface area contributed by atoms with Gasteiger partial charge in [0.15, 0.2) is 0 Å². The van der Waals surface area contributed by atoms with E-state index in [-0.39, 0.29) is 11.8 Å². The summed E-state index contributed by atoms with van der Waals surface area (Å²) in [4.78, 5) is 18.5. The summed E-state index contributed by atoms with van der Waals surface area (Å²) in [6.45, 7) is 9.43. The van der Waals surface area contributed by atoms with E-state index < -0.39 is 0 Å². The number of carbonyl (C=O) groups is 1. The van der Waals surface area contributed by atoms with Crippen LogP contribution in [0.3, 0.4) is 0 Å². The van der Waals surface area contributed by atoms with Crippen molar-refractivity contribution < 1.29 is 4.79 Å². The fourth-order valence-electron chi connectivity index (χ4n) is 5.70. The van der Waals surface area contributed by atoms with E-state index in [2.05, 4.69) is 105 Å². The summed E-state index contributed by atoms with van der Waals surface area (Å²) in [5.41, 5.74) is 8.86. The van der Waals surface area contributed by atoms with Crippen LogP contribution >= 0.6 is 22.6 Å². The zero-order valence-electron chi connectivity index (χ0n) is 22.7. The lowest BCUT2D eigenvalue weighted by molar-refractivity contribution is -0.118. The van der Waals surface area contributed by atoms with E-state index in [1.54, 1.807) is 0 Å². The molecule has 198 valence electrons. The SMILES string of the molecule is Cc1cccc2c(CCCN3CCC(c4cccc(NC(=O)C(C)C)c4)CC3)c(-c3ccccc3I)[nH]c12. The molecule has 0 unspecified atom stereocenters. The molecular weight excluding hydrogens is 581 g/mol. The number of fused-ring (bicyclic) bond motifs is 1. The second-order valence-electron chi connectivity index (χ2n) is 10.9. The van der Waals surface area contributed by atoms with Crippen LogP contribution in [0, 0.1) is 16.4 Å². The third-order valence-electron chi connectivity index (χ3n) is 7.93. The Kier molecular flexibility index (Phi) is 8.54. The monoisotopic (exact) mass is 619 g/mol. The molecule has 2 N–H and O–H groups in total. The molecule has 0 atom stereocenters. The van der Waals surface area contributed by atoms with Gasteiger partial charge in [-0.05, 0) is 116 Å². The number of aromatic amines is 1. The number of hydrogen-bond donors (Lipinski definition) is 2. The fourth-order valence-corrected chi connectivity index (χ4v) is 6.36. The van der Waals surface area contributed by atoms with Crippen molar-refractivity contribution in [3.8, 4) is 11.3 Å². The molecule has 1 saturated heterocycles. The third-order valence-corrected chi connectivity index (χ3v) is 8.87. The number of piperidine rings is 1. The largest absolute Gasteiger partial charge is 0.354 e. The maximum absolute atomic E-state index is 12.1. The summed E-state index contributed by atoms with van der Waals surface area (Å²) in [6, 6.07) is 23.8. The minimum Gasteiger partial charge on any atom is -0.354 e. The molecule has 1 aliphatic rings. The highest BCUT2D eigenvalue weighted by atomic mass is 127. The Hall–Kier alpha value is -2.64. The first kappa shape index (κ1) is 26.9. The van der Waals surface area contributed by atoms with Crippen molar-refractivity contribution in [1.82, 2.24) is 9.88 Å². The van der Waals surface area contributed by atoms with Crippen molar-refractivity contribution in [2.75, 3.05) is 25.0 Å². The number of rotatable bonds is 8. The first-order valence-electron chi connectivity index (χ1n) is 13.9. The van der Waals surface area contributed by atoms with Crippen LogP contribution < -0.4 is 5.32 Å². The number of benzene rings is 3. The third kappa shape index (κ3) is 5.99. The lowest BCUT2D eigenvalue weighted by Crippen LogP contribution is -2.33. The summed E-state index contributed by atoms with van der Waals surface area (Å²) in [5, 5.41) is 4.42. The summed E-state index contributed by atoms with van der Waals surface area (Å²) in [7, 11) is 0. The zero-order chi connectivity index (χ0) is 26.6. The van der Waals surface area contributed by atoms with Gasteiger partial charge < -0.3 is 15.2 Å². The zero-order valence-corrected chi connectivity index (χ0v) is 24.8. The number of para-hydroxylation sites is 1. The number of carbonyl (C=O) groups excluding carboxylic acids is 1. The molecule has 1 amide bonds. The molecule has 0 aliphatic carbocycles. The molecule has 2 heterocycles. The smallest absolute Gasteiger partial charge is 0.226 e. The highest BCUT2D eigenvalue weighted by Gasteiger charge is 2.22. The van der Waals surface area contributed by atoms with Crippen molar-refractivity contribution >= 4 is 45.1 Å². The van der Waals surface area contributed by atoms with Gasteiger partial charge in [0.1, 0.15) is 0 Å². The Labute approximate surface area is 240 Å². The molecule has 0 bridgehead atoms. The van der Waals surface area contributed by atoms with Crippen molar-refractivity contribution in [3.63, 3.8) is 0 Å². The fraction of sp³-hybridized carbons (Fsp3) is 0.364. The first-order chi connectivity index (χ1) is 18.4. The van der Waals surface area contributed by atoms with E-state index in [1.807, 2.05) is 19.9 Å². The number of amides is 1. The number of H-pyrrole nitrogens is 1. The molecule has 1 aromatic heterocycles. The van der Waals surface area contributed by atoms with Crippen LogP contribution in [0.2, 0.25) is 0 Å². The topological polar surface area (TPSA) is 48.1 Å². The van der Waals surface area contributed by atoms with Crippen molar-refractivity contribution in [2.24, 2.45) is 5.92 Å². The standard InChI is InChI=1S/C33H38IN3O/c1-22(2)33(38)35-26-11-7-10-25(21-26)24-16-19-37(20-17-24)18-8-14-28-27-13-6-9-23(3)31(27)36-32(28)29-12-4-5-15-30(29)34/h4-7,9-13,15,21-22,24,36H,8,14,16-20H2,1-3H3,(H,35,38). The number of aromatic nitrogens is 1. The molecule has 1 aliphatic heterocycles. The van der Waals surface area contributed by atoms with E-state index >= 15 is 0 Å². The van der Waals surface area contributed by atoms with Gasteiger partial charge in [-0.1, -0.05) is 62.4 Å². The van der Waals surface area contributed by atoms with Gasteiger partial charge in [0, 0.05) is 31.6 Å². The Bertz CT molecular complexity index is 1420. The van der Waals surface area contributed by atoms with Crippen molar-refractivity contribution in [3.05, 3.63) is 87.0 Å². The van der Waals surface area contributed by atoms with Gasteiger partial charge in [-0.2, -0.15) is 0 Å². The normalized spacial score (nSPS) is 14.9. The number of anilines is 1. The molecule has 3 aromatic carbocycles. The summed E-state index contributed by atoms with van der Waals surface area (Å²) in [5.74, 6) is 0.625. The van der Waals surface area contributed by atoms with E-state index in [1.165, 1.54) is 55.3 Å². The quantitative estimate of drug-likeness (QED) is 0.196. The van der Waals surface area contributed by atoms with E-state index in [9.17, 15) is 4.79 Å². The number of aryl methyl sites for hydroxylation is 2. The minimum absolute atomic E-state index is 0.0115. The minimum atomic E-state index is -0.0115. The van der Waals surface area contributed by atoms with Crippen LogP contribution in [0.1, 0.15) is 55.7 Å². The lowest BCUT2D eigenvalue weighted by atomic mass is 9.89. The Morgan fingerprint density at radius 3 is 2.58 bits per heavy atom. The molecule has 5 rings (SSSR count). The van der Waals surface area contributed by atoms with Gasteiger partial charge in [0.2, 0.25) is 5.91 Å². The molecule has 0 radical (unpaired) electrons. The molecule has 4 aromatic rings. The number of halogens is 1. The van der Waals surface area contributed by atoms with Gasteiger partial charge >= 0.3 is 0 Å². The van der Waals surface area contributed by atoms with E-state index in [0.29, 0.717) is 5.92 Å². The molecule has 5 heteroatoms. The molecule has 38 heavy (non-hydrogen) atoms. The summed E-state index contributed by atoms with van der Waals surface area (Å²) in [6.07, 6.45) is 4.56.